The SMILES string of the molecule is COc1cnc(-c2c(C)c(C(F)(F)F)n(Cc3ccccc3)c2C(=O)N(C)CC(C)(C)C)nc1. The summed E-state index contributed by atoms with van der Waals surface area (Å²) < 4.78 is 49.2. The van der Waals surface area contributed by atoms with Crippen LogP contribution in [0.5, 0.6) is 5.75 Å². The molecule has 0 atom stereocenters. The van der Waals surface area contributed by atoms with Crippen molar-refractivity contribution in [1.29, 1.82) is 0 Å². The maximum absolute atomic E-state index is 14.4. The standard InChI is InChI=1S/C25H29F3N4O2/c1-16-19(22-29-12-18(34-6)13-30-22)20(23(33)31(5)15-24(2,3)4)32(21(16)25(26,27)28)14-17-10-8-7-9-11-17/h7-13H,14-15H2,1-6H3. The third kappa shape index (κ3) is 5.40. The zero-order valence-corrected chi connectivity index (χ0v) is 20.2. The van der Waals surface area contributed by atoms with Crippen LogP contribution in [0.25, 0.3) is 11.4 Å². The molecule has 0 fully saturated rings. The summed E-state index contributed by atoms with van der Waals surface area (Å²) in [7, 11) is 3.03. The second-order valence-electron chi connectivity index (χ2n) is 9.44. The van der Waals surface area contributed by atoms with Crippen molar-refractivity contribution in [3.8, 4) is 17.1 Å². The molecule has 1 amide bonds. The second-order valence-corrected chi connectivity index (χ2v) is 9.44. The average Bonchev–Trinajstić information content (AvgIpc) is 3.04. The molecule has 0 N–H and O–H groups in total. The number of carbonyl (C=O) groups excluding carboxylic acids is 1. The van der Waals surface area contributed by atoms with Gasteiger partial charge in [-0.05, 0) is 23.5 Å². The van der Waals surface area contributed by atoms with E-state index in [2.05, 4.69) is 9.97 Å². The molecule has 34 heavy (non-hydrogen) atoms. The fourth-order valence-electron chi connectivity index (χ4n) is 4.05. The van der Waals surface area contributed by atoms with Gasteiger partial charge in [-0.15, -0.1) is 0 Å². The summed E-state index contributed by atoms with van der Waals surface area (Å²) in [4.78, 5) is 23.6. The summed E-state index contributed by atoms with van der Waals surface area (Å²) in [5.41, 5.74) is -0.626. The highest BCUT2D eigenvalue weighted by molar-refractivity contribution is 6.00. The number of aromatic nitrogens is 3. The fourth-order valence-corrected chi connectivity index (χ4v) is 4.05. The Morgan fingerprint density at radius 1 is 1.09 bits per heavy atom. The van der Waals surface area contributed by atoms with Crippen LogP contribution in [0.2, 0.25) is 0 Å². The summed E-state index contributed by atoms with van der Waals surface area (Å²) in [6.45, 7) is 7.45. The first-order valence-electron chi connectivity index (χ1n) is 10.8. The van der Waals surface area contributed by atoms with E-state index in [1.54, 1.807) is 37.4 Å². The maximum atomic E-state index is 14.4. The van der Waals surface area contributed by atoms with E-state index in [1.165, 1.54) is 31.3 Å². The van der Waals surface area contributed by atoms with Gasteiger partial charge in [0.2, 0.25) is 0 Å². The summed E-state index contributed by atoms with van der Waals surface area (Å²) in [6, 6.07) is 8.74. The Balaban J connectivity index is 2.31. The minimum absolute atomic E-state index is 0.0307. The molecule has 0 unspecified atom stereocenters. The molecule has 182 valence electrons. The van der Waals surface area contributed by atoms with E-state index in [1.807, 2.05) is 20.8 Å². The summed E-state index contributed by atoms with van der Waals surface area (Å²) in [5, 5.41) is 0. The zero-order valence-electron chi connectivity index (χ0n) is 20.2. The lowest BCUT2D eigenvalue weighted by molar-refractivity contribution is -0.143. The van der Waals surface area contributed by atoms with Gasteiger partial charge in [-0.3, -0.25) is 4.79 Å². The van der Waals surface area contributed by atoms with Gasteiger partial charge in [-0.25, -0.2) is 9.97 Å². The average molecular weight is 475 g/mol. The van der Waals surface area contributed by atoms with Gasteiger partial charge in [-0.1, -0.05) is 51.1 Å². The van der Waals surface area contributed by atoms with E-state index in [-0.39, 0.29) is 34.6 Å². The molecule has 0 bridgehead atoms. The summed E-state index contributed by atoms with van der Waals surface area (Å²) >= 11 is 0. The largest absolute Gasteiger partial charge is 0.494 e. The molecule has 3 aromatic rings. The molecule has 3 rings (SSSR count). The van der Waals surface area contributed by atoms with Crippen LogP contribution in [0, 0.1) is 12.3 Å². The van der Waals surface area contributed by atoms with Crippen molar-refractivity contribution in [3.63, 3.8) is 0 Å². The van der Waals surface area contributed by atoms with Gasteiger partial charge in [0, 0.05) is 20.1 Å². The topological polar surface area (TPSA) is 60.3 Å². The summed E-state index contributed by atoms with van der Waals surface area (Å²) in [5.74, 6) is -0.138. The van der Waals surface area contributed by atoms with E-state index < -0.39 is 17.8 Å². The van der Waals surface area contributed by atoms with Gasteiger partial charge in [-0.2, -0.15) is 13.2 Å². The molecule has 6 nitrogen and oxygen atoms in total. The second kappa shape index (κ2) is 9.48. The molecule has 2 heterocycles. The predicted molar refractivity (Wildman–Crippen MR) is 124 cm³/mol. The highest BCUT2D eigenvalue weighted by Gasteiger charge is 2.42. The predicted octanol–water partition coefficient (Wildman–Crippen LogP) is 5.45. The number of amides is 1. The van der Waals surface area contributed by atoms with Gasteiger partial charge < -0.3 is 14.2 Å². The van der Waals surface area contributed by atoms with Gasteiger partial charge in [0.05, 0.1) is 25.1 Å². The van der Waals surface area contributed by atoms with Crippen LogP contribution in [0.15, 0.2) is 42.7 Å². The van der Waals surface area contributed by atoms with Crippen LogP contribution < -0.4 is 4.74 Å². The lowest BCUT2D eigenvalue weighted by atomic mass is 9.96. The Morgan fingerprint density at radius 2 is 1.68 bits per heavy atom. The van der Waals surface area contributed by atoms with Crippen LogP contribution in [0.1, 0.15) is 48.1 Å². The van der Waals surface area contributed by atoms with Crippen LogP contribution in [-0.4, -0.2) is 46.0 Å². The van der Waals surface area contributed by atoms with E-state index >= 15 is 0 Å². The minimum Gasteiger partial charge on any atom is -0.494 e. The van der Waals surface area contributed by atoms with Crippen LogP contribution in [0.3, 0.4) is 0 Å². The van der Waals surface area contributed by atoms with Gasteiger partial charge in [0.15, 0.2) is 11.6 Å². The lowest BCUT2D eigenvalue weighted by Crippen LogP contribution is -2.36. The molecule has 0 aliphatic rings. The van der Waals surface area contributed by atoms with Crippen molar-refractivity contribution in [1.82, 2.24) is 19.4 Å². The van der Waals surface area contributed by atoms with E-state index in [0.717, 1.165) is 4.57 Å². The molecule has 2 aromatic heterocycles. The Hall–Kier alpha value is -3.36. The number of ether oxygens (including phenoxy) is 1. The number of alkyl halides is 3. The van der Waals surface area contributed by atoms with Crippen LogP contribution in [0.4, 0.5) is 13.2 Å². The quantitative estimate of drug-likeness (QED) is 0.477. The van der Waals surface area contributed by atoms with E-state index in [4.69, 9.17) is 4.74 Å². The number of nitrogens with zero attached hydrogens (tertiary/aromatic N) is 4. The zero-order chi connectivity index (χ0) is 25.3. The molecular formula is C25H29F3N4O2. The number of methoxy groups -OCH3 is 1. The fraction of sp³-hybridized carbons (Fsp3) is 0.400. The van der Waals surface area contributed by atoms with Gasteiger partial charge in [0.1, 0.15) is 11.4 Å². The first-order chi connectivity index (χ1) is 15.8. The normalized spacial score (nSPS) is 12.0. The number of rotatable bonds is 6. The molecule has 1 aromatic carbocycles. The number of carbonyl (C=O) groups is 1. The Bertz CT molecular complexity index is 1150. The van der Waals surface area contributed by atoms with E-state index in [0.29, 0.717) is 17.9 Å². The van der Waals surface area contributed by atoms with Crippen molar-refractivity contribution in [2.45, 2.75) is 40.4 Å². The number of hydrogen-bond donors (Lipinski definition) is 0. The first-order valence-corrected chi connectivity index (χ1v) is 10.8. The molecular weight excluding hydrogens is 445 g/mol. The Labute approximate surface area is 197 Å². The summed E-state index contributed by atoms with van der Waals surface area (Å²) in [6.07, 6.45) is -1.95. The molecule has 0 aliphatic carbocycles. The van der Waals surface area contributed by atoms with Gasteiger partial charge in [0.25, 0.3) is 5.91 Å². The maximum Gasteiger partial charge on any atom is 0.431 e. The minimum atomic E-state index is -4.69. The smallest absolute Gasteiger partial charge is 0.431 e. The van der Waals surface area contributed by atoms with E-state index in [9.17, 15) is 18.0 Å². The third-order valence-corrected chi connectivity index (χ3v) is 5.31. The molecule has 0 aliphatic heterocycles. The molecule has 0 radical (unpaired) electrons. The highest BCUT2D eigenvalue weighted by Crippen LogP contribution is 2.41. The van der Waals surface area contributed by atoms with Crippen molar-refractivity contribution in [2.75, 3.05) is 20.7 Å². The number of hydrogen-bond acceptors (Lipinski definition) is 4. The lowest BCUT2D eigenvalue weighted by Gasteiger charge is -2.27. The van der Waals surface area contributed by atoms with Crippen LogP contribution >= 0.6 is 0 Å². The van der Waals surface area contributed by atoms with Crippen molar-refractivity contribution < 1.29 is 22.7 Å². The van der Waals surface area contributed by atoms with Crippen molar-refractivity contribution in [3.05, 3.63) is 65.2 Å². The van der Waals surface area contributed by atoms with Crippen molar-refractivity contribution >= 4 is 5.91 Å². The molecule has 9 heteroatoms. The molecule has 0 saturated heterocycles. The molecule has 0 spiro atoms. The third-order valence-electron chi connectivity index (χ3n) is 5.31. The molecule has 0 saturated carbocycles. The monoisotopic (exact) mass is 474 g/mol. The Kier molecular flexibility index (Phi) is 7.05. The first kappa shape index (κ1) is 25.3. The number of halogens is 3. The van der Waals surface area contributed by atoms with Crippen molar-refractivity contribution in [2.24, 2.45) is 5.41 Å². The highest BCUT2D eigenvalue weighted by atomic mass is 19.4. The van der Waals surface area contributed by atoms with Crippen LogP contribution in [-0.2, 0) is 12.7 Å². The van der Waals surface area contributed by atoms with Gasteiger partial charge >= 0.3 is 6.18 Å². The Morgan fingerprint density at radius 3 is 2.18 bits per heavy atom. The number of benzene rings is 1.